The highest BCUT2D eigenvalue weighted by Crippen LogP contribution is 2.41. The molecule has 2 aliphatic heterocycles. The average Bonchev–Trinajstić information content (AvgIpc) is 2.38. The van der Waals surface area contributed by atoms with E-state index in [0.717, 1.165) is 0 Å². The van der Waals surface area contributed by atoms with Crippen molar-refractivity contribution in [3.8, 4) is 0 Å². The lowest BCUT2D eigenvalue weighted by Crippen LogP contribution is -2.57. The predicted octanol–water partition coefficient (Wildman–Crippen LogP) is 0.487. The smallest absolute Gasteiger partial charge is 0.322 e. The maximum absolute atomic E-state index is 11.6. The van der Waals surface area contributed by atoms with E-state index >= 15 is 0 Å². The van der Waals surface area contributed by atoms with Crippen LogP contribution in [0, 0.1) is 0 Å². The van der Waals surface area contributed by atoms with Crippen molar-refractivity contribution < 1.29 is 40.2 Å². The van der Waals surface area contributed by atoms with E-state index in [1.807, 2.05) is 0 Å². The number of rotatable bonds is 4. The normalized spacial score (nSPS) is 35.5. The maximum Gasteiger partial charge on any atom is 0.322 e. The van der Waals surface area contributed by atoms with Crippen LogP contribution in [-0.4, -0.2) is 49.4 Å². The molecule has 2 atom stereocenters. The zero-order valence-electron chi connectivity index (χ0n) is 11.2. The van der Waals surface area contributed by atoms with Gasteiger partial charge < -0.3 is 9.47 Å². The average molecular weight is 346 g/mol. The van der Waals surface area contributed by atoms with Gasteiger partial charge in [0.2, 0.25) is 0 Å². The monoisotopic (exact) mass is 346 g/mol. The van der Waals surface area contributed by atoms with Gasteiger partial charge in [-0.15, -0.1) is 0 Å². The molecule has 124 valence electrons. The molecule has 0 radical (unpaired) electrons. The van der Waals surface area contributed by atoms with Gasteiger partial charge in [0.05, 0.1) is 13.2 Å². The van der Waals surface area contributed by atoms with E-state index in [9.17, 15) is 25.9 Å². The molecule has 0 aromatic heterocycles. The van der Waals surface area contributed by atoms with Gasteiger partial charge in [-0.2, -0.15) is 16.8 Å². The standard InChI is InChI=1S/C10H18O9S2/c11-20(12,13)9(5-1-3-7-17-9)19-10(21(14,15)16)6-2-4-8-18-10/h1-8H2,(H,11,12,13)(H,14,15,16). The molecule has 2 N–H and O–H groups in total. The Labute approximate surface area is 123 Å². The summed E-state index contributed by atoms with van der Waals surface area (Å²) in [7, 11) is -9.77. The van der Waals surface area contributed by atoms with Gasteiger partial charge in [-0.25, -0.2) is 0 Å². The quantitative estimate of drug-likeness (QED) is 0.696. The molecule has 21 heavy (non-hydrogen) atoms. The van der Waals surface area contributed by atoms with Gasteiger partial charge in [0.25, 0.3) is 0 Å². The Balaban J connectivity index is 2.42. The highest BCUT2D eigenvalue weighted by molar-refractivity contribution is 7.87. The number of ether oxygens (including phenoxy) is 3. The molecule has 2 unspecified atom stereocenters. The van der Waals surface area contributed by atoms with Crippen LogP contribution in [0.3, 0.4) is 0 Å². The molecule has 2 aliphatic rings. The van der Waals surface area contributed by atoms with Crippen LogP contribution in [0.1, 0.15) is 38.5 Å². The molecule has 2 heterocycles. The third-order valence-electron chi connectivity index (χ3n) is 3.50. The van der Waals surface area contributed by atoms with Crippen molar-refractivity contribution in [1.82, 2.24) is 0 Å². The van der Waals surface area contributed by atoms with Gasteiger partial charge in [0.15, 0.2) is 0 Å². The fourth-order valence-corrected chi connectivity index (χ4v) is 4.20. The van der Waals surface area contributed by atoms with Gasteiger partial charge in [-0.3, -0.25) is 13.8 Å². The molecule has 0 amide bonds. The lowest BCUT2D eigenvalue weighted by Gasteiger charge is -2.42. The second-order valence-corrected chi connectivity index (χ2v) is 8.17. The Hall–Kier alpha value is -0.300. The Morgan fingerprint density at radius 1 is 0.762 bits per heavy atom. The van der Waals surface area contributed by atoms with Crippen molar-refractivity contribution in [2.45, 2.75) is 48.8 Å². The SMILES string of the molecule is O=S(=O)(O)C1(OC2(S(=O)(=O)O)CCCCO2)CCCCO1. The molecule has 0 spiro atoms. The second-order valence-electron chi connectivity index (χ2n) is 5.03. The molecule has 2 rings (SSSR count). The van der Waals surface area contributed by atoms with E-state index in [4.69, 9.17) is 14.2 Å². The van der Waals surface area contributed by atoms with Crippen LogP contribution in [0.4, 0.5) is 0 Å². The van der Waals surface area contributed by atoms with Crippen LogP contribution in [0.2, 0.25) is 0 Å². The minimum atomic E-state index is -4.89. The summed E-state index contributed by atoms with van der Waals surface area (Å²) in [5.74, 6) is 0. The van der Waals surface area contributed by atoms with Crippen LogP contribution in [0.15, 0.2) is 0 Å². The van der Waals surface area contributed by atoms with Crippen molar-refractivity contribution in [3.05, 3.63) is 0 Å². The Bertz CT molecular complexity index is 516. The Morgan fingerprint density at radius 3 is 1.38 bits per heavy atom. The maximum atomic E-state index is 11.6. The van der Waals surface area contributed by atoms with Crippen molar-refractivity contribution in [2.75, 3.05) is 13.2 Å². The van der Waals surface area contributed by atoms with E-state index in [1.54, 1.807) is 0 Å². The highest BCUT2D eigenvalue weighted by atomic mass is 32.2. The summed E-state index contributed by atoms with van der Waals surface area (Å²) in [6.07, 6.45) is 1.27. The van der Waals surface area contributed by atoms with E-state index in [1.165, 1.54) is 0 Å². The summed E-state index contributed by atoms with van der Waals surface area (Å²) in [6.45, 7) is -0.0529. The molecular formula is C10H18O9S2. The molecule has 2 saturated heterocycles. The topological polar surface area (TPSA) is 136 Å². The van der Waals surface area contributed by atoms with Crippen molar-refractivity contribution >= 4 is 20.2 Å². The fraction of sp³-hybridized carbons (Fsp3) is 1.00. The summed E-state index contributed by atoms with van der Waals surface area (Å²) in [4.78, 5) is 0. The van der Waals surface area contributed by atoms with Crippen molar-refractivity contribution in [3.63, 3.8) is 0 Å². The Kier molecular flexibility index (Phi) is 4.65. The first-order valence-electron chi connectivity index (χ1n) is 6.54. The Morgan fingerprint density at radius 2 is 1.14 bits per heavy atom. The van der Waals surface area contributed by atoms with Gasteiger partial charge >= 0.3 is 30.5 Å². The summed E-state index contributed by atoms with van der Waals surface area (Å²) in [6, 6.07) is 0. The van der Waals surface area contributed by atoms with Crippen molar-refractivity contribution in [2.24, 2.45) is 0 Å². The minimum Gasteiger partial charge on any atom is -0.336 e. The lowest BCUT2D eigenvalue weighted by molar-refractivity contribution is -0.311. The van der Waals surface area contributed by atoms with E-state index in [2.05, 4.69) is 0 Å². The van der Waals surface area contributed by atoms with Crippen molar-refractivity contribution in [1.29, 1.82) is 0 Å². The fourth-order valence-electron chi connectivity index (χ4n) is 2.40. The van der Waals surface area contributed by atoms with Crippen LogP contribution in [0.25, 0.3) is 0 Å². The minimum absolute atomic E-state index is 0.0264. The largest absolute Gasteiger partial charge is 0.336 e. The first kappa shape index (κ1) is 17.1. The van der Waals surface area contributed by atoms with Gasteiger partial charge in [-0.1, -0.05) is 0 Å². The first-order valence-corrected chi connectivity index (χ1v) is 9.42. The summed E-state index contributed by atoms with van der Waals surface area (Å²) in [5.41, 5.74) is 0. The zero-order valence-corrected chi connectivity index (χ0v) is 12.9. The van der Waals surface area contributed by atoms with Gasteiger partial charge in [0, 0.05) is 12.8 Å². The van der Waals surface area contributed by atoms with E-state index < -0.39 is 30.5 Å². The summed E-state index contributed by atoms with van der Waals surface area (Å²) in [5, 5.41) is -5.09. The summed E-state index contributed by atoms with van der Waals surface area (Å²) >= 11 is 0. The molecule has 0 aromatic rings. The summed E-state index contributed by atoms with van der Waals surface area (Å²) < 4.78 is 80.5. The lowest BCUT2D eigenvalue weighted by atomic mass is 10.2. The van der Waals surface area contributed by atoms with Crippen LogP contribution >= 0.6 is 0 Å². The molecular weight excluding hydrogens is 328 g/mol. The van der Waals surface area contributed by atoms with Gasteiger partial charge in [-0.05, 0) is 25.7 Å². The van der Waals surface area contributed by atoms with Crippen LogP contribution in [-0.2, 0) is 34.4 Å². The third-order valence-corrected chi connectivity index (χ3v) is 5.88. The zero-order chi connectivity index (χ0) is 15.8. The number of hydrogen-bond donors (Lipinski definition) is 2. The van der Waals surface area contributed by atoms with Gasteiger partial charge in [0.1, 0.15) is 0 Å². The highest BCUT2D eigenvalue weighted by Gasteiger charge is 2.59. The van der Waals surface area contributed by atoms with Crippen LogP contribution in [0.5, 0.6) is 0 Å². The van der Waals surface area contributed by atoms with E-state index in [0.29, 0.717) is 25.7 Å². The number of hydrogen-bond acceptors (Lipinski definition) is 7. The molecule has 0 saturated carbocycles. The molecule has 2 fully saturated rings. The molecule has 9 nitrogen and oxygen atoms in total. The van der Waals surface area contributed by atoms with E-state index in [-0.39, 0.29) is 26.1 Å². The molecule has 0 bridgehead atoms. The second kappa shape index (κ2) is 5.72. The predicted molar refractivity (Wildman–Crippen MR) is 69.3 cm³/mol. The molecule has 0 aliphatic carbocycles. The first-order chi connectivity index (χ1) is 9.62. The molecule has 11 heteroatoms. The third kappa shape index (κ3) is 3.23. The molecule has 0 aromatic carbocycles. The van der Waals surface area contributed by atoms with Crippen LogP contribution < -0.4 is 0 Å².